The van der Waals surface area contributed by atoms with E-state index in [1.165, 1.54) is 16.6 Å². The summed E-state index contributed by atoms with van der Waals surface area (Å²) in [6.07, 6.45) is 2.54. The van der Waals surface area contributed by atoms with Crippen LogP contribution in [0.4, 0.5) is 0 Å². The Balaban J connectivity index is 1.50. The van der Waals surface area contributed by atoms with Crippen molar-refractivity contribution in [3.05, 3.63) is 74.5 Å². The molecule has 136 valence electrons. The van der Waals surface area contributed by atoms with Crippen LogP contribution in [-0.2, 0) is 11.2 Å². The lowest BCUT2D eigenvalue weighted by molar-refractivity contribution is -0.122. The highest BCUT2D eigenvalue weighted by molar-refractivity contribution is 8.26. The molecule has 0 N–H and O–H groups in total. The largest absolute Gasteiger partial charge is 0.457 e. The van der Waals surface area contributed by atoms with Gasteiger partial charge in [0.15, 0.2) is 0 Å². The van der Waals surface area contributed by atoms with Crippen molar-refractivity contribution < 1.29 is 9.21 Å². The Morgan fingerprint density at radius 2 is 2.00 bits per heavy atom. The van der Waals surface area contributed by atoms with E-state index in [2.05, 4.69) is 6.07 Å². The second-order valence-corrected chi connectivity index (χ2v) is 8.96. The molecule has 1 saturated heterocycles. The number of benzene rings is 1. The van der Waals surface area contributed by atoms with Gasteiger partial charge in [-0.2, -0.15) is 0 Å². The van der Waals surface area contributed by atoms with E-state index in [0.717, 1.165) is 12.0 Å². The van der Waals surface area contributed by atoms with Gasteiger partial charge in [0, 0.05) is 23.1 Å². The van der Waals surface area contributed by atoms with Crippen molar-refractivity contribution >= 4 is 63.2 Å². The monoisotopic (exact) mass is 431 g/mol. The lowest BCUT2D eigenvalue weighted by atomic mass is 10.2. The van der Waals surface area contributed by atoms with E-state index in [-0.39, 0.29) is 5.91 Å². The lowest BCUT2D eigenvalue weighted by Gasteiger charge is -2.13. The Kier molecular flexibility index (Phi) is 5.50. The van der Waals surface area contributed by atoms with Crippen LogP contribution in [0.1, 0.15) is 10.6 Å². The van der Waals surface area contributed by atoms with Crippen molar-refractivity contribution in [1.29, 1.82) is 0 Å². The molecule has 0 saturated carbocycles. The van der Waals surface area contributed by atoms with E-state index in [1.807, 2.05) is 47.8 Å². The Hall–Kier alpha value is -1.86. The predicted octanol–water partition coefficient (Wildman–Crippen LogP) is 6.11. The minimum Gasteiger partial charge on any atom is -0.457 e. The summed E-state index contributed by atoms with van der Waals surface area (Å²) in [5, 5.41) is 2.66. The first-order chi connectivity index (χ1) is 13.1. The zero-order valence-electron chi connectivity index (χ0n) is 14.1. The third-order valence-corrected chi connectivity index (χ3v) is 6.72. The number of nitrogens with zero attached hydrogens (tertiary/aromatic N) is 1. The average Bonchev–Trinajstić information content (AvgIpc) is 3.38. The summed E-state index contributed by atoms with van der Waals surface area (Å²) in [5.74, 6) is 1.20. The van der Waals surface area contributed by atoms with Gasteiger partial charge in [0.2, 0.25) is 0 Å². The third kappa shape index (κ3) is 4.04. The number of halogens is 1. The van der Waals surface area contributed by atoms with Gasteiger partial charge in [-0.25, -0.2) is 0 Å². The van der Waals surface area contributed by atoms with Crippen LogP contribution in [-0.4, -0.2) is 21.7 Å². The molecule has 3 heterocycles. The Bertz CT molecular complexity index is 1020. The molecule has 1 aliphatic rings. The minimum atomic E-state index is -0.0720. The summed E-state index contributed by atoms with van der Waals surface area (Å²) in [5.41, 5.74) is 0.822. The topological polar surface area (TPSA) is 33.5 Å². The number of furan rings is 1. The van der Waals surface area contributed by atoms with Crippen molar-refractivity contribution in [3.63, 3.8) is 0 Å². The third-order valence-electron chi connectivity index (χ3n) is 4.07. The fraction of sp³-hybridized carbons (Fsp3) is 0.100. The molecule has 1 amide bonds. The van der Waals surface area contributed by atoms with Crippen molar-refractivity contribution in [1.82, 2.24) is 4.90 Å². The normalized spacial score (nSPS) is 15.9. The Morgan fingerprint density at radius 3 is 2.78 bits per heavy atom. The number of thiophene rings is 1. The standard InChI is InChI=1S/C20H14ClNO2S3/c21-16-6-2-1-5-15(16)17-8-7-13(24-17)12-18-19(23)22(20(25)27-18)10-9-14-4-3-11-26-14/h1-8,11-12H,9-10H2/b18-12-. The van der Waals surface area contributed by atoms with Crippen LogP contribution >= 0.6 is 46.9 Å². The van der Waals surface area contributed by atoms with Gasteiger partial charge in [0.05, 0.1) is 9.93 Å². The molecule has 0 bridgehead atoms. The highest BCUT2D eigenvalue weighted by atomic mass is 35.5. The molecular formula is C20H14ClNO2S3. The van der Waals surface area contributed by atoms with Gasteiger partial charge in [0.1, 0.15) is 15.8 Å². The summed E-state index contributed by atoms with van der Waals surface area (Å²) in [7, 11) is 0. The number of rotatable bonds is 5. The van der Waals surface area contributed by atoms with Crippen LogP contribution in [0.2, 0.25) is 5.02 Å². The van der Waals surface area contributed by atoms with Crippen LogP contribution in [0.25, 0.3) is 17.4 Å². The summed E-state index contributed by atoms with van der Waals surface area (Å²) in [4.78, 5) is 16.2. The average molecular weight is 432 g/mol. The van der Waals surface area contributed by atoms with E-state index in [0.29, 0.717) is 32.3 Å². The van der Waals surface area contributed by atoms with Crippen molar-refractivity contribution in [2.24, 2.45) is 0 Å². The molecule has 1 aromatic carbocycles. The van der Waals surface area contributed by atoms with E-state index in [9.17, 15) is 4.79 Å². The van der Waals surface area contributed by atoms with E-state index in [1.54, 1.807) is 22.3 Å². The smallest absolute Gasteiger partial charge is 0.266 e. The van der Waals surface area contributed by atoms with E-state index in [4.69, 9.17) is 28.2 Å². The van der Waals surface area contributed by atoms with Gasteiger partial charge in [-0.05, 0) is 42.1 Å². The predicted molar refractivity (Wildman–Crippen MR) is 117 cm³/mol. The van der Waals surface area contributed by atoms with Gasteiger partial charge in [-0.1, -0.05) is 53.8 Å². The maximum Gasteiger partial charge on any atom is 0.266 e. The first-order valence-corrected chi connectivity index (χ1v) is 10.7. The molecule has 0 radical (unpaired) electrons. The molecular weight excluding hydrogens is 418 g/mol. The molecule has 7 heteroatoms. The molecule has 2 aromatic heterocycles. The first-order valence-electron chi connectivity index (χ1n) is 8.24. The zero-order valence-corrected chi connectivity index (χ0v) is 17.3. The number of hydrogen-bond acceptors (Lipinski definition) is 5. The number of carbonyl (C=O) groups is 1. The minimum absolute atomic E-state index is 0.0720. The second kappa shape index (κ2) is 8.02. The number of amides is 1. The molecule has 0 aliphatic carbocycles. The fourth-order valence-corrected chi connectivity index (χ4v) is 4.95. The quantitative estimate of drug-likeness (QED) is 0.360. The highest BCUT2D eigenvalue weighted by Gasteiger charge is 2.32. The molecule has 0 atom stereocenters. The number of thioether (sulfide) groups is 1. The number of thiocarbonyl (C=S) groups is 1. The van der Waals surface area contributed by atoms with Gasteiger partial charge < -0.3 is 4.42 Å². The van der Waals surface area contributed by atoms with Gasteiger partial charge in [0.25, 0.3) is 5.91 Å². The number of carbonyl (C=O) groups excluding carboxylic acids is 1. The Labute approximate surface area is 175 Å². The molecule has 4 rings (SSSR count). The molecule has 0 spiro atoms. The lowest BCUT2D eigenvalue weighted by Crippen LogP contribution is -2.29. The molecule has 0 unspecified atom stereocenters. The summed E-state index contributed by atoms with van der Waals surface area (Å²) >= 11 is 14.6. The van der Waals surface area contributed by atoms with Crippen molar-refractivity contribution in [3.8, 4) is 11.3 Å². The van der Waals surface area contributed by atoms with Crippen LogP contribution in [0.3, 0.4) is 0 Å². The SMILES string of the molecule is O=C1/C(=C/c2ccc(-c3ccccc3Cl)o2)SC(=S)N1CCc1cccs1. The molecule has 1 aliphatic heterocycles. The van der Waals surface area contributed by atoms with E-state index < -0.39 is 0 Å². The summed E-state index contributed by atoms with van der Waals surface area (Å²) in [6.45, 7) is 0.589. The summed E-state index contributed by atoms with van der Waals surface area (Å²) in [6, 6.07) is 15.3. The first kappa shape index (κ1) is 18.5. The van der Waals surface area contributed by atoms with Crippen LogP contribution in [0, 0.1) is 0 Å². The van der Waals surface area contributed by atoms with Gasteiger partial charge in [-0.3, -0.25) is 9.69 Å². The molecule has 3 nitrogen and oxygen atoms in total. The number of hydrogen-bond donors (Lipinski definition) is 0. The summed E-state index contributed by atoms with van der Waals surface area (Å²) < 4.78 is 6.45. The molecule has 27 heavy (non-hydrogen) atoms. The van der Waals surface area contributed by atoms with Crippen LogP contribution in [0.5, 0.6) is 0 Å². The van der Waals surface area contributed by atoms with Crippen molar-refractivity contribution in [2.75, 3.05) is 6.54 Å². The highest BCUT2D eigenvalue weighted by Crippen LogP contribution is 2.34. The molecule has 3 aromatic rings. The Morgan fingerprint density at radius 1 is 1.15 bits per heavy atom. The maximum atomic E-state index is 12.7. The maximum absolute atomic E-state index is 12.7. The van der Waals surface area contributed by atoms with Gasteiger partial charge >= 0.3 is 0 Å². The van der Waals surface area contributed by atoms with Gasteiger partial charge in [-0.15, -0.1) is 11.3 Å². The second-order valence-electron chi connectivity index (χ2n) is 5.84. The van der Waals surface area contributed by atoms with Crippen LogP contribution < -0.4 is 0 Å². The van der Waals surface area contributed by atoms with E-state index >= 15 is 0 Å². The zero-order chi connectivity index (χ0) is 18.8. The fourth-order valence-electron chi connectivity index (χ4n) is 2.74. The van der Waals surface area contributed by atoms with Crippen LogP contribution in [0.15, 0.2) is 63.2 Å². The van der Waals surface area contributed by atoms with Crippen molar-refractivity contribution in [2.45, 2.75) is 6.42 Å². The molecule has 1 fully saturated rings.